The number of nitrogens with one attached hydrogen (secondary N) is 1. The minimum atomic E-state index is -0.494. The molecule has 158 valence electrons. The molecule has 0 radical (unpaired) electrons. The predicted molar refractivity (Wildman–Crippen MR) is 119 cm³/mol. The number of nitrogens with zero attached hydrogens (tertiary/aromatic N) is 3. The number of para-hydroxylation sites is 1. The zero-order valence-corrected chi connectivity index (χ0v) is 18.0. The Morgan fingerprint density at radius 1 is 1.07 bits per heavy atom. The molecule has 0 aliphatic rings. The van der Waals surface area contributed by atoms with Crippen molar-refractivity contribution in [3.05, 3.63) is 80.0 Å². The normalized spacial score (nSPS) is 12.3. The molecule has 30 heavy (non-hydrogen) atoms. The predicted octanol–water partition coefficient (Wildman–Crippen LogP) is 2.26. The average molecular weight is 429 g/mol. The molecule has 0 bridgehead atoms. The Morgan fingerprint density at radius 2 is 1.73 bits per heavy atom. The molecule has 0 unspecified atom stereocenters. The van der Waals surface area contributed by atoms with Crippen LogP contribution in [0.5, 0.6) is 0 Å². The fraction of sp³-hybridized carbons (Fsp3) is 0.318. The fourth-order valence-electron chi connectivity index (χ4n) is 3.53. The molecule has 1 amide bonds. The van der Waals surface area contributed by atoms with Crippen LogP contribution in [0.1, 0.15) is 18.5 Å². The van der Waals surface area contributed by atoms with Gasteiger partial charge < -0.3 is 10.2 Å². The third-order valence-electron chi connectivity index (χ3n) is 5.13. The van der Waals surface area contributed by atoms with E-state index in [1.165, 1.54) is 4.57 Å². The summed E-state index contributed by atoms with van der Waals surface area (Å²) in [6.45, 7) is 2.12. The van der Waals surface area contributed by atoms with E-state index in [2.05, 4.69) is 5.32 Å². The van der Waals surface area contributed by atoms with E-state index in [0.29, 0.717) is 22.5 Å². The van der Waals surface area contributed by atoms with E-state index >= 15 is 0 Å². The first-order valence-corrected chi connectivity index (χ1v) is 10.1. The van der Waals surface area contributed by atoms with Gasteiger partial charge in [0.05, 0.1) is 16.9 Å². The van der Waals surface area contributed by atoms with Gasteiger partial charge in [-0.15, -0.1) is 0 Å². The summed E-state index contributed by atoms with van der Waals surface area (Å²) in [5.41, 5.74) is 0.516. The van der Waals surface area contributed by atoms with E-state index in [1.807, 2.05) is 43.3 Å². The number of amides is 1. The van der Waals surface area contributed by atoms with E-state index in [-0.39, 0.29) is 30.6 Å². The van der Waals surface area contributed by atoms with Crippen LogP contribution in [0.3, 0.4) is 0 Å². The van der Waals surface area contributed by atoms with Gasteiger partial charge in [0.2, 0.25) is 5.91 Å². The SMILES string of the molecule is CCn1c(=O)c2ccccc2n(CC(=O)NC[C@H](c2ccccc2Cl)N(C)C)c1=O. The summed E-state index contributed by atoms with van der Waals surface area (Å²) in [7, 11) is 3.82. The molecular weight excluding hydrogens is 404 g/mol. The van der Waals surface area contributed by atoms with E-state index in [1.54, 1.807) is 31.2 Å². The summed E-state index contributed by atoms with van der Waals surface area (Å²) in [6.07, 6.45) is 0. The summed E-state index contributed by atoms with van der Waals surface area (Å²) < 4.78 is 2.48. The summed E-state index contributed by atoms with van der Waals surface area (Å²) in [6, 6.07) is 14.2. The molecule has 0 spiro atoms. The Hall–Kier alpha value is -2.90. The maximum Gasteiger partial charge on any atom is 0.331 e. The molecule has 1 aromatic heterocycles. The summed E-state index contributed by atoms with van der Waals surface area (Å²) in [4.78, 5) is 40.0. The molecule has 0 saturated heterocycles. The number of likely N-dealkylation sites (N-methyl/N-ethyl adjacent to an activating group) is 1. The number of fused-ring (bicyclic) bond motifs is 1. The lowest BCUT2D eigenvalue weighted by molar-refractivity contribution is -0.121. The second kappa shape index (κ2) is 9.28. The maximum atomic E-state index is 12.8. The number of halogens is 1. The fourth-order valence-corrected chi connectivity index (χ4v) is 3.79. The zero-order valence-electron chi connectivity index (χ0n) is 17.3. The van der Waals surface area contributed by atoms with Crippen LogP contribution in [0.2, 0.25) is 5.02 Å². The molecule has 2 aromatic carbocycles. The second-order valence-corrected chi connectivity index (χ2v) is 7.65. The number of benzene rings is 2. The van der Waals surface area contributed by atoms with Crippen molar-refractivity contribution in [1.29, 1.82) is 0 Å². The largest absolute Gasteiger partial charge is 0.353 e. The highest BCUT2D eigenvalue weighted by Gasteiger charge is 2.19. The van der Waals surface area contributed by atoms with Gasteiger partial charge >= 0.3 is 5.69 Å². The lowest BCUT2D eigenvalue weighted by Gasteiger charge is -2.26. The summed E-state index contributed by atoms with van der Waals surface area (Å²) in [5.74, 6) is -0.317. The van der Waals surface area contributed by atoms with Crippen LogP contribution in [-0.2, 0) is 17.9 Å². The van der Waals surface area contributed by atoms with Crippen LogP contribution in [-0.4, -0.2) is 40.6 Å². The Bertz CT molecular complexity index is 1180. The van der Waals surface area contributed by atoms with Crippen LogP contribution in [0, 0.1) is 0 Å². The van der Waals surface area contributed by atoms with Gasteiger partial charge in [-0.05, 0) is 44.8 Å². The topological polar surface area (TPSA) is 76.3 Å². The van der Waals surface area contributed by atoms with Crippen LogP contribution < -0.4 is 16.6 Å². The third-order valence-corrected chi connectivity index (χ3v) is 5.47. The third kappa shape index (κ3) is 4.32. The van der Waals surface area contributed by atoms with Gasteiger partial charge in [-0.25, -0.2) is 4.79 Å². The number of carbonyl (C=O) groups is 1. The van der Waals surface area contributed by atoms with Crippen molar-refractivity contribution in [2.75, 3.05) is 20.6 Å². The minimum absolute atomic E-state index is 0.124. The van der Waals surface area contributed by atoms with E-state index in [0.717, 1.165) is 10.1 Å². The molecule has 7 nitrogen and oxygen atoms in total. The maximum absolute atomic E-state index is 12.8. The van der Waals surface area contributed by atoms with Crippen LogP contribution in [0.15, 0.2) is 58.1 Å². The van der Waals surface area contributed by atoms with Gasteiger partial charge in [-0.1, -0.05) is 41.9 Å². The summed E-state index contributed by atoms with van der Waals surface area (Å²) >= 11 is 6.33. The number of hydrogen-bond donors (Lipinski definition) is 1. The van der Waals surface area contributed by atoms with Crippen LogP contribution >= 0.6 is 11.6 Å². The molecule has 0 aliphatic carbocycles. The molecule has 0 aliphatic heterocycles. The Labute approximate surface area is 179 Å². The monoisotopic (exact) mass is 428 g/mol. The molecule has 1 heterocycles. The van der Waals surface area contributed by atoms with E-state index in [9.17, 15) is 14.4 Å². The van der Waals surface area contributed by atoms with Crippen molar-refractivity contribution in [3.8, 4) is 0 Å². The molecule has 1 atom stereocenters. The molecule has 3 rings (SSSR count). The zero-order chi connectivity index (χ0) is 21.8. The highest BCUT2D eigenvalue weighted by molar-refractivity contribution is 6.31. The van der Waals surface area contributed by atoms with Gasteiger partial charge in [0.15, 0.2) is 0 Å². The van der Waals surface area contributed by atoms with Gasteiger partial charge in [-0.3, -0.25) is 18.7 Å². The first kappa shape index (κ1) is 21.8. The Kier molecular flexibility index (Phi) is 6.74. The second-order valence-electron chi connectivity index (χ2n) is 7.24. The molecule has 3 aromatic rings. The van der Waals surface area contributed by atoms with Gasteiger partial charge in [0, 0.05) is 18.1 Å². The number of hydrogen-bond acceptors (Lipinski definition) is 4. The first-order valence-electron chi connectivity index (χ1n) is 9.75. The lowest BCUT2D eigenvalue weighted by atomic mass is 10.1. The first-order chi connectivity index (χ1) is 14.3. The Balaban J connectivity index is 1.86. The highest BCUT2D eigenvalue weighted by Crippen LogP contribution is 2.25. The quantitative estimate of drug-likeness (QED) is 0.626. The van der Waals surface area contributed by atoms with Crippen molar-refractivity contribution in [2.45, 2.75) is 26.1 Å². The number of carbonyl (C=O) groups excluding carboxylic acids is 1. The molecular formula is C22H25ClN4O3. The average Bonchev–Trinajstić information content (AvgIpc) is 2.72. The van der Waals surface area contributed by atoms with E-state index < -0.39 is 5.69 Å². The molecule has 0 fully saturated rings. The van der Waals surface area contributed by atoms with Crippen molar-refractivity contribution in [3.63, 3.8) is 0 Å². The van der Waals surface area contributed by atoms with Gasteiger partial charge in [0.1, 0.15) is 6.54 Å². The Morgan fingerprint density at radius 3 is 2.40 bits per heavy atom. The van der Waals surface area contributed by atoms with Crippen molar-refractivity contribution < 1.29 is 4.79 Å². The smallest absolute Gasteiger partial charge is 0.331 e. The molecule has 1 N–H and O–H groups in total. The standard InChI is InChI=1S/C22H25ClN4O3/c1-4-26-21(29)16-10-6-8-12-18(16)27(22(26)30)14-20(28)24-13-19(25(2)3)15-9-5-7-11-17(15)23/h5-12,19H,4,13-14H2,1-3H3,(H,24,28)/t19-/m1/s1. The van der Waals surface area contributed by atoms with Crippen LogP contribution in [0.25, 0.3) is 10.9 Å². The van der Waals surface area contributed by atoms with Crippen molar-refractivity contribution in [2.24, 2.45) is 0 Å². The lowest BCUT2D eigenvalue weighted by Crippen LogP contribution is -2.43. The number of aromatic nitrogens is 2. The summed E-state index contributed by atoms with van der Waals surface area (Å²) in [5, 5.41) is 3.93. The molecule has 0 saturated carbocycles. The van der Waals surface area contributed by atoms with E-state index in [4.69, 9.17) is 11.6 Å². The van der Waals surface area contributed by atoms with Gasteiger partial charge in [0.25, 0.3) is 5.56 Å². The van der Waals surface area contributed by atoms with Crippen molar-refractivity contribution >= 4 is 28.4 Å². The minimum Gasteiger partial charge on any atom is -0.353 e. The van der Waals surface area contributed by atoms with Crippen molar-refractivity contribution in [1.82, 2.24) is 19.4 Å². The molecule has 8 heteroatoms. The highest BCUT2D eigenvalue weighted by atomic mass is 35.5. The van der Waals surface area contributed by atoms with Crippen LogP contribution in [0.4, 0.5) is 0 Å². The number of rotatable bonds is 7. The van der Waals surface area contributed by atoms with Gasteiger partial charge in [-0.2, -0.15) is 0 Å².